The summed E-state index contributed by atoms with van der Waals surface area (Å²) < 4.78 is 6.32. The minimum atomic E-state index is 0. The lowest BCUT2D eigenvalue weighted by molar-refractivity contribution is -0.118. The van der Waals surface area contributed by atoms with Gasteiger partial charge < -0.3 is 9.64 Å². The van der Waals surface area contributed by atoms with Gasteiger partial charge in [-0.3, -0.25) is 9.69 Å². The summed E-state index contributed by atoms with van der Waals surface area (Å²) in [6.45, 7) is 13.7. The maximum atomic E-state index is 13.6. The van der Waals surface area contributed by atoms with Crippen molar-refractivity contribution >= 4 is 56.6 Å². The van der Waals surface area contributed by atoms with Crippen LogP contribution in [0.4, 0.5) is 5.13 Å². The van der Waals surface area contributed by atoms with E-state index in [1.165, 1.54) is 16.9 Å². The number of thiazole rings is 1. The van der Waals surface area contributed by atoms with Crippen molar-refractivity contribution in [1.29, 1.82) is 0 Å². The number of carbonyl (C=O) groups is 1. The van der Waals surface area contributed by atoms with E-state index >= 15 is 0 Å². The number of likely N-dealkylation sites (N-methyl/N-ethyl adjacent to an activating group) is 1. The summed E-state index contributed by atoms with van der Waals surface area (Å²) in [5.41, 5.74) is 5.29. The number of methoxy groups -OCH3 is 1. The van der Waals surface area contributed by atoms with Gasteiger partial charge in [-0.1, -0.05) is 54.5 Å². The van der Waals surface area contributed by atoms with Gasteiger partial charge in [0.05, 0.1) is 23.3 Å². The third-order valence-corrected chi connectivity index (χ3v) is 7.44. The smallest absolute Gasteiger partial charge is 0.233 e. The molecule has 33 heavy (non-hydrogen) atoms. The van der Waals surface area contributed by atoms with Crippen molar-refractivity contribution in [2.24, 2.45) is 0 Å². The van der Waals surface area contributed by atoms with Crippen LogP contribution in [0.2, 0.25) is 5.02 Å². The summed E-state index contributed by atoms with van der Waals surface area (Å²) in [6, 6.07) is 7.90. The minimum Gasteiger partial charge on any atom is -0.494 e. The molecular formula is C25H33Cl2N3O2S. The normalized spacial score (nSPS) is 11.0. The number of rotatable bonds is 9. The molecule has 2 aromatic carbocycles. The van der Waals surface area contributed by atoms with Gasteiger partial charge in [-0.05, 0) is 62.7 Å². The maximum Gasteiger partial charge on any atom is 0.233 e. The van der Waals surface area contributed by atoms with Crippen LogP contribution in [0.5, 0.6) is 5.75 Å². The van der Waals surface area contributed by atoms with Crippen LogP contribution in [-0.4, -0.2) is 49.1 Å². The van der Waals surface area contributed by atoms with Crippen LogP contribution in [0.25, 0.3) is 10.2 Å². The number of anilines is 1. The third-order valence-electron chi connectivity index (χ3n) is 5.90. The molecule has 180 valence electrons. The topological polar surface area (TPSA) is 45.7 Å². The fourth-order valence-electron chi connectivity index (χ4n) is 4.07. The van der Waals surface area contributed by atoms with Crippen LogP contribution < -0.4 is 9.64 Å². The number of halogens is 2. The average Bonchev–Trinajstić information content (AvgIpc) is 3.20. The number of nitrogens with zero attached hydrogens (tertiary/aromatic N) is 3. The Morgan fingerprint density at radius 2 is 1.73 bits per heavy atom. The van der Waals surface area contributed by atoms with Crippen LogP contribution >= 0.6 is 35.3 Å². The van der Waals surface area contributed by atoms with Crippen LogP contribution in [0, 0.1) is 20.8 Å². The number of ether oxygens (including phenoxy) is 1. The van der Waals surface area contributed by atoms with Crippen molar-refractivity contribution in [3.63, 3.8) is 0 Å². The summed E-state index contributed by atoms with van der Waals surface area (Å²) in [5, 5.41) is 1.27. The molecule has 0 atom stereocenters. The number of carbonyl (C=O) groups excluding carboxylic acids is 1. The van der Waals surface area contributed by atoms with Crippen LogP contribution in [0.15, 0.2) is 24.3 Å². The molecule has 0 aliphatic heterocycles. The first kappa shape index (κ1) is 27.4. The zero-order chi connectivity index (χ0) is 23.4. The highest BCUT2D eigenvalue weighted by Crippen LogP contribution is 2.39. The Morgan fingerprint density at radius 3 is 2.30 bits per heavy atom. The van der Waals surface area contributed by atoms with Gasteiger partial charge in [0.15, 0.2) is 5.13 Å². The number of aryl methyl sites for hydroxylation is 3. The Morgan fingerprint density at radius 1 is 1.09 bits per heavy atom. The summed E-state index contributed by atoms with van der Waals surface area (Å²) >= 11 is 7.89. The molecule has 1 amide bonds. The quantitative estimate of drug-likeness (QED) is 0.343. The van der Waals surface area contributed by atoms with E-state index in [2.05, 4.69) is 51.7 Å². The van der Waals surface area contributed by atoms with Crippen LogP contribution in [-0.2, 0) is 11.2 Å². The van der Waals surface area contributed by atoms with Gasteiger partial charge in [-0.2, -0.15) is 0 Å². The van der Waals surface area contributed by atoms with Gasteiger partial charge in [0.25, 0.3) is 0 Å². The van der Waals surface area contributed by atoms with Gasteiger partial charge in [0.1, 0.15) is 11.3 Å². The second-order valence-electron chi connectivity index (χ2n) is 8.05. The first-order valence-electron chi connectivity index (χ1n) is 11.0. The lowest BCUT2D eigenvalue weighted by Gasteiger charge is -2.25. The highest BCUT2D eigenvalue weighted by atomic mass is 35.5. The number of aromatic nitrogens is 1. The number of hydrogen-bond donors (Lipinski definition) is 0. The van der Waals surface area contributed by atoms with Gasteiger partial charge in [-0.15, -0.1) is 12.4 Å². The molecule has 0 saturated heterocycles. The summed E-state index contributed by atoms with van der Waals surface area (Å²) in [7, 11) is 1.62. The summed E-state index contributed by atoms with van der Waals surface area (Å²) in [6.07, 6.45) is 0.344. The van der Waals surface area contributed by atoms with Gasteiger partial charge in [-0.25, -0.2) is 4.98 Å². The monoisotopic (exact) mass is 509 g/mol. The van der Waals surface area contributed by atoms with E-state index in [1.807, 2.05) is 17.0 Å². The fraction of sp³-hybridized carbons (Fsp3) is 0.440. The van der Waals surface area contributed by atoms with Crippen molar-refractivity contribution in [3.8, 4) is 5.75 Å². The first-order chi connectivity index (χ1) is 15.3. The molecule has 0 saturated carbocycles. The molecule has 1 heterocycles. The Balaban J connectivity index is 0.00000385. The predicted octanol–water partition coefficient (Wildman–Crippen LogP) is 6.22. The maximum absolute atomic E-state index is 13.6. The predicted molar refractivity (Wildman–Crippen MR) is 143 cm³/mol. The second-order valence-corrected chi connectivity index (χ2v) is 9.43. The van der Waals surface area contributed by atoms with Crippen LogP contribution in [0.1, 0.15) is 36.1 Å². The Bertz CT molecular complexity index is 1090. The van der Waals surface area contributed by atoms with Crippen molar-refractivity contribution in [1.82, 2.24) is 9.88 Å². The Hall–Kier alpha value is -1.86. The molecule has 0 unspecified atom stereocenters. The third kappa shape index (κ3) is 6.18. The van der Waals surface area contributed by atoms with Gasteiger partial charge >= 0.3 is 0 Å². The molecule has 0 spiro atoms. The lowest BCUT2D eigenvalue weighted by atomic mass is 9.97. The molecule has 3 aromatic rings. The van der Waals surface area contributed by atoms with Crippen molar-refractivity contribution in [2.45, 2.75) is 41.0 Å². The van der Waals surface area contributed by atoms with E-state index in [0.29, 0.717) is 34.4 Å². The van der Waals surface area contributed by atoms with Crippen LogP contribution in [0.3, 0.4) is 0 Å². The highest BCUT2D eigenvalue weighted by molar-refractivity contribution is 7.23. The van der Waals surface area contributed by atoms with Crippen molar-refractivity contribution in [2.75, 3.05) is 38.2 Å². The molecule has 1 aromatic heterocycles. The molecule has 5 nitrogen and oxygen atoms in total. The van der Waals surface area contributed by atoms with E-state index in [1.54, 1.807) is 7.11 Å². The summed E-state index contributed by atoms with van der Waals surface area (Å²) in [5.74, 6) is 0.703. The Labute approximate surface area is 212 Å². The summed E-state index contributed by atoms with van der Waals surface area (Å²) in [4.78, 5) is 22.5. The van der Waals surface area contributed by atoms with Gasteiger partial charge in [0, 0.05) is 13.1 Å². The number of fused-ring (bicyclic) bond motifs is 1. The largest absolute Gasteiger partial charge is 0.494 e. The molecule has 0 radical (unpaired) electrons. The standard InChI is InChI=1S/C25H32ClN3O2S.ClH/c1-7-28(8-2)11-12-29(22(30)15-19-17(4)13-16(3)14-18(19)5)25-27-23-21(31-6)10-9-20(26)24(23)32-25;/h9-10,13-14H,7-8,11-12,15H2,1-6H3;1H. The van der Waals surface area contributed by atoms with E-state index in [9.17, 15) is 4.79 Å². The molecule has 8 heteroatoms. The molecule has 0 aliphatic carbocycles. The van der Waals surface area contributed by atoms with Crippen molar-refractivity contribution < 1.29 is 9.53 Å². The molecule has 0 aliphatic rings. The zero-order valence-corrected chi connectivity index (χ0v) is 22.6. The minimum absolute atomic E-state index is 0. The zero-order valence-electron chi connectivity index (χ0n) is 20.2. The first-order valence-corrected chi connectivity index (χ1v) is 12.2. The molecule has 0 fully saturated rings. The molecular weight excluding hydrogens is 477 g/mol. The van der Waals surface area contributed by atoms with Crippen molar-refractivity contribution in [3.05, 3.63) is 51.5 Å². The average molecular weight is 511 g/mol. The Kier molecular flexibility index (Phi) is 9.98. The number of hydrogen-bond acceptors (Lipinski definition) is 5. The van der Waals surface area contributed by atoms with E-state index in [4.69, 9.17) is 21.3 Å². The molecule has 0 N–H and O–H groups in total. The molecule has 3 rings (SSSR count). The van der Waals surface area contributed by atoms with E-state index < -0.39 is 0 Å². The fourth-order valence-corrected chi connectivity index (χ4v) is 5.36. The second kappa shape index (κ2) is 12.0. The van der Waals surface area contributed by atoms with E-state index in [-0.39, 0.29) is 18.3 Å². The van der Waals surface area contributed by atoms with E-state index in [0.717, 1.165) is 41.0 Å². The SMILES string of the molecule is CCN(CC)CCN(C(=O)Cc1c(C)cc(C)cc1C)c1nc2c(OC)ccc(Cl)c2s1.Cl. The molecule has 0 bridgehead atoms. The lowest BCUT2D eigenvalue weighted by Crippen LogP contribution is -2.39. The van der Waals surface area contributed by atoms with Gasteiger partial charge in [0.2, 0.25) is 5.91 Å². The highest BCUT2D eigenvalue weighted by Gasteiger charge is 2.23. The number of amides is 1. The number of benzene rings is 2.